The number of fused-ring (bicyclic) bond motifs is 3. The summed E-state index contributed by atoms with van der Waals surface area (Å²) in [6, 6.07) is 11.5. The maximum atomic E-state index is 12.5. The van der Waals surface area contributed by atoms with Crippen LogP contribution in [0.3, 0.4) is 0 Å². The lowest BCUT2D eigenvalue weighted by Crippen LogP contribution is -2.30. The molecule has 3 unspecified atom stereocenters. The fourth-order valence-corrected chi connectivity index (χ4v) is 4.55. The van der Waals surface area contributed by atoms with E-state index in [1.54, 1.807) is 20.3 Å². The summed E-state index contributed by atoms with van der Waals surface area (Å²) >= 11 is 0. The monoisotopic (exact) mass is 436 g/mol. The maximum absolute atomic E-state index is 12.5. The number of esters is 1. The SMILES string of the molecule is COCCNC(=O)c1ccc2c(c1)C1C=CCC1C(c1ccc(OC(C)=O)c(OC)c1)N2. The third kappa shape index (κ3) is 4.34. The minimum absolute atomic E-state index is 0.0594. The van der Waals surface area contributed by atoms with Crippen molar-refractivity contribution in [2.24, 2.45) is 5.92 Å². The highest BCUT2D eigenvalue weighted by molar-refractivity contribution is 5.95. The second-order valence-corrected chi connectivity index (χ2v) is 8.03. The van der Waals surface area contributed by atoms with E-state index in [2.05, 4.69) is 22.8 Å². The zero-order valence-corrected chi connectivity index (χ0v) is 18.5. The average Bonchev–Trinajstić information content (AvgIpc) is 3.28. The van der Waals surface area contributed by atoms with E-state index < -0.39 is 0 Å². The molecule has 1 aliphatic heterocycles. The highest BCUT2D eigenvalue weighted by atomic mass is 16.6. The van der Waals surface area contributed by atoms with Crippen LogP contribution < -0.4 is 20.1 Å². The summed E-state index contributed by atoms with van der Waals surface area (Å²) in [5.74, 6) is 0.959. The first-order chi connectivity index (χ1) is 15.5. The zero-order chi connectivity index (χ0) is 22.7. The first kappa shape index (κ1) is 21.9. The standard InChI is InChI=1S/C25H28N2O5/c1-15(28)32-22-10-8-16(14-23(22)31-3)24-19-6-4-5-18(19)20-13-17(7-9-21(20)27-24)25(29)26-11-12-30-2/h4-5,7-10,13-14,18-19,24,27H,6,11-12H2,1-3H3,(H,26,29). The number of anilines is 1. The molecule has 1 aliphatic carbocycles. The lowest BCUT2D eigenvalue weighted by atomic mass is 9.76. The van der Waals surface area contributed by atoms with E-state index in [-0.39, 0.29) is 23.8 Å². The molecule has 7 heteroatoms. The normalized spacial score (nSPS) is 20.7. The molecule has 1 amide bonds. The van der Waals surface area contributed by atoms with Crippen LogP contribution in [0, 0.1) is 5.92 Å². The van der Waals surface area contributed by atoms with Crippen LogP contribution in [0.25, 0.3) is 0 Å². The predicted octanol–water partition coefficient (Wildman–Crippen LogP) is 3.82. The Bertz CT molecular complexity index is 1050. The number of ether oxygens (including phenoxy) is 3. The van der Waals surface area contributed by atoms with Crippen LogP contribution in [0.4, 0.5) is 5.69 Å². The zero-order valence-electron chi connectivity index (χ0n) is 18.5. The summed E-state index contributed by atoms with van der Waals surface area (Å²) in [7, 11) is 3.17. The molecule has 4 rings (SSSR count). The summed E-state index contributed by atoms with van der Waals surface area (Å²) < 4.78 is 15.7. The van der Waals surface area contributed by atoms with Crippen molar-refractivity contribution in [3.8, 4) is 11.5 Å². The number of amides is 1. The first-order valence-electron chi connectivity index (χ1n) is 10.7. The van der Waals surface area contributed by atoms with Crippen LogP contribution >= 0.6 is 0 Å². The number of carbonyl (C=O) groups excluding carboxylic acids is 2. The Morgan fingerprint density at radius 2 is 1.97 bits per heavy atom. The van der Waals surface area contributed by atoms with Gasteiger partial charge in [0, 0.05) is 37.7 Å². The van der Waals surface area contributed by atoms with Gasteiger partial charge in [0.1, 0.15) is 0 Å². The largest absolute Gasteiger partial charge is 0.493 e. The molecule has 1 heterocycles. The summed E-state index contributed by atoms with van der Waals surface area (Å²) in [6.07, 6.45) is 5.36. The molecule has 0 spiro atoms. The third-order valence-electron chi connectivity index (χ3n) is 6.02. The molecule has 0 radical (unpaired) electrons. The van der Waals surface area contributed by atoms with Gasteiger partial charge in [0.15, 0.2) is 11.5 Å². The highest BCUT2D eigenvalue weighted by Gasteiger charge is 2.38. The van der Waals surface area contributed by atoms with E-state index in [1.165, 1.54) is 6.92 Å². The van der Waals surface area contributed by atoms with Crippen LogP contribution in [0.1, 0.15) is 46.8 Å². The number of methoxy groups -OCH3 is 2. The quantitative estimate of drug-likeness (QED) is 0.297. The van der Waals surface area contributed by atoms with Crippen molar-refractivity contribution < 1.29 is 23.8 Å². The van der Waals surface area contributed by atoms with Crippen LogP contribution in [0.2, 0.25) is 0 Å². The van der Waals surface area contributed by atoms with Gasteiger partial charge in [-0.15, -0.1) is 0 Å². The van der Waals surface area contributed by atoms with E-state index in [0.29, 0.717) is 36.1 Å². The van der Waals surface area contributed by atoms with Gasteiger partial charge in [0.25, 0.3) is 5.91 Å². The molecule has 2 N–H and O–H groups in total. The first-order valence-corrected chi connectivity index (χ1v) is 10.7. The van der Waals surface area contributed by atoms with Crippen LogP contribution in [0.5, 0.6) is 11.5 Å². The predicted molar refractivity (Wildman–Crippen MR) is 121 cm³/mol. The Morgan fingerprint density at radius 3 is 2.72 bits per heavy atom. The van der Waals surface area contributed by atoms with Gasteiger partial charge < -0.3 is 24.8 Å². The smallest absolute Gasteiger partial charge is 0.308 e. The van der Waals surface area contributed by atoms with Gasteiger partial charge in [0.05, 0.1) is 19.8 Å². The fraction of sp³-hybridized carbons (Fsp3) is 0.360. The summed E-state index contributed by atoms with van der Waals surface area (Å²) in [5.41, 5.74) is 3.84. The molecule has 0 saturated heterocycles. The number of benzene rings is 2. The molecule has 0 aromatic heterocycles. The highest BCUT2D eigenvalue weighted by Crippen LogP contribution is 2.50. The topological polar surface area (TPSA) is 85.9 Å². The molecular weight excluding hydrogens is 408 g/mol. The van der Waals surface area contributed by atoms with Crippen molar-refractivity contribution in [2.75, 3.05) is 32.7 Å². The van der Waals surface area contributed by atoms with Gasteiger partial charge in [-0.05, 0) is 53.8 Å². The Morgan fingerprint density at radius 1 is 1.12 bits per heavy atom. The molecule has 2 aromatic carbocycles. The van der Waals surface area contributed by atoms with Gasteiger partial charge in [0.2, 0.25) is 0 Å². The molecule has 7 nitrogen and oxygen atoms in total. The van der Waals surface area contributed by atoms with Crippen molar-refractivity contribution in [3.05, 3.63) is 65.2 Å². The second kappa shape index (κ2) is 9.44. The molecule has 3 atom stereocenters. The molecular formula is C25H28N2O5. The Balaban J connectivity index is 1.62. The molecule has 0 saturated carbocycles. The molecule has 2 aromatic rings. The Labute approximate surface area is 187 Å². The number of hydrogen-bond donors (Lipinski definition) is 2. The second-order valence-electron chi connectivity index (χ2n) is 8.03. The lowest BCUT2D eigenvalue weighted by Gasteiger charge is -2.38. The van der Waals surface area contributed by atoms with Crippen molar-refractivity contribution in [1.82, 2.24) is 5.32 Å². The van der Waals surface area contributed by atoms with Gasteiger partial charge in [-0.25, -0.2) is 0 Å². The van der Waals surface area contributed by atoms with Crippen molar-refractivity contribution in [3.63, 3.8) is 0 Å². The molecule has 0 bridgehead atoms. The van der Waals surface area contributed by atoms with Crippen LogP contribution in [-0.2, 0) is 9.53 Å². The minimum Gasteiger partial charge on any atom is -0.493 e. The van der Waals surface area contributed by atoms with Gasteiger partial charge in [-0.2, -0.15) is 0 Å². The Kier molecular flexibility index (Phi) is 6.46. The lowest BCUT2D eigenvalue weighted by molar-refractivity contribution is -0.132. The third-order valence-corrected chi connectivity index (χ3v) is 6.02. The molecule has 32 heavy (non-hydrogen) atoms. The van der Waals surface area contributed by atoms with E-state index in [0.717, 1.165) is 23.2 Å². The summed E-state index contributed by atoms with van der Waals surface area (Å²) in [5, 5.41) is 6.54. The van der Waals surface area contributed by atoms with Crippen molar-refractivity contribution >= 4 is 17.6 Å². The van der Waals surface area contributed by atoms with Crippen molar-refractivity contribution in [1.29, 1.82) is 0 Å². The minimum atomic E-state index is -0.386. The van der Waals surface area contributed by atoms with E-state index in [9.17, 15) is 9.59 Å². The van der Waals surface area contributed by atoms with Gasteiger partial charge in [-0.3, -0.25) is 9.59 Å². The molecule has 0 fully saturated rings. The number of allylic oxidation sites excluding steroid dienone is 2. The molecule has 168 valence electrons. The summed E-state index contributed by atoms with van der Waals surface area (Å²) in [4.78, 5) is 23.9. The number of carbonyl (C=O) groups is 2. The van der Waals surface area contributed by atoms with Crippen molar-refractivity contribution in [2.45, 2.75) is 25.3 Å². The van der Waals surface area contributed by atoms with E-state index in [4.69, 9.17) is 14.2 Å². The number of nitrogens with one attached hydrogen (secondary N) is 2. The number of hydrogen-bond acceptors (Lipinski definition) is 6. The Hall–Kier alpha value is -3.32. The van der Waals surface area contributed by atoms with Crippen LogP contribution in [0.15, 0.2) is 48.6 Å². The fourth-order valence-electron chi connectivity index (χ4n) is 4.55. The average molecular weight is 437 g/mol. The maximum Gasteiger partial charge on any atom is 0.308 e. The number of rotatable bonds is 7. The molecule has 2 aliphatic rings. The summed E-state index contributed by atoms with van der Waals surface area (Å²) in [6.45, 7) is 2.32. The van der Waals surface area contributed by atoms with Crippen LogP contribution in [-0.4, -0.2) is 39.2 Å². The van der Waals surface area contributed by atoms with E-state index in [1.807, 2.05) is 30.3 Å². The van der Waals surface area contributed by atoms with E-state index >= 15 is 0 Å². The van der Waals surface area contributed by atoms with Gasteiger partial charge >= 0.3 is 5.97 Å². The van der Waals surface area contributed by atoms with Gasteiger partial charge in [-0.1, -0.05) is 18.2 Å².